The zero-order valence-electron chi connectivity index (χ0n) is 8.82. The molecule has 9 heteroatoms. The highest BCUT2D eigenvalue weighted by Gasteiger charge is 2.48. The van der Waals surface area contributed by atoms with Gasteiger partial charge in [0.15, 0.2) is 5.75 Å². The second-order valence-electron chi connectivity index (χ2n) is 3.27. The molecule has 0 fully saturated rings. The summed E-state index contributed by atoms with van der Waals surface area (Å²) < 4.78 is 61.3. The van der Waals surface area contributed by atoms with Gasteiger partial charge in [0.1, 0.15) is 0 Å². The van der Waals surface area contributed by atoms with Gasteiger partial charge in [0.25, 0.3) is 0 Å². The minimum absolute atomic E-state index is 0.394. The molecule has 0 aromatic heterocycles. The molecule has 0 aliphatic rings. The van der Waals surface area contributed by atoms with Crippen LogP contribution in [0.15, 0.2) is 18.2 Å². The average molecular weight is 283 g/mol. The molecule has 0 saturated carbocycles. The monoisotopic (exact) mass is 283 g/mol. The molecule has 0 atom stereocenters. The van der Waals surface area contributed by atoms with Gasteiger partial charge in [-0.05, 0) is 19.1 Å². The summed E-state index contributed by atoms with van der Waals surface area (Å²) in [6.07, 6.45) is 0. The van der Waals surface area contributed by atoms with Crippen LogP contribution in [-0.2, 0) is 10.1 Å². The van der Waals surface area contributed by atoms with E-state index in [1.54, 1.807) is 0 Å². The van der Waals surface area contributed by atoms with Crippen LogP contribution in [0.3, 0.4) is 0 Å². The van der Waals surface area contributed by atoms with Crippen molar-refractivity contribution in [1.29, 1.82) is 0 Å². The number of benzene rings is 1. The van der Waals surface area contributed by atoms with E-state index in [1.165, 1.54) is 13.0 Å². The topological polar surface area (TPSA) is 83.5 Å². The molecule has 100 valence electrons. The number of aromatic carboxylic acids is 1. The summed E-state index contributed by atoms with van der Waals surface area (Å²) in [6.45, 7) is 1.47. The van der Waals surface area contributed by atoms with Crippen molar-refractivity contribution in [2.45, 2.75) is 12.4 Å². The second kappa shape index (κ2) is 4.48. The molecule has 0 spiro atoms. The normalized spacial score (nSPS) is 12.2. The van der Waals surface area contributed by atoms with Crippen LogP contribution < -0.4 is 9.29 Å². The molecule has 18 heavy (non-hydrogen) atoms. The summed E-state index contributed by atoms with van der Waals surface area (Å²) in [5.41, 5.74) is -6.02. The highest BCUT2D eigenvalue weighted by molar-refractivity contribution is 7.88. The smallest absolute Gasteiger partial charge is 0.534 e. The van der Waals surface area contributed by atoms with E-state index < -0.39 is 32.9 Å². The lowest BCUT2D eigenvalue weighted by molar-refractivity contribution is -0.255. The van der Waals surface area contributed by atoms with Gasteiger partial charge in [0, 0.05) is 5.56 Å². The largest absolute Gasteiger partial charge is 0.545 e. The number of carbonyl (C=O) groups excluding carboxylic acids is 1. The predicted octanol–water partition coefficient (Wildman–Crippen LogP) is 0.587. The minimum atomic E-state index is -5.91. The quantitative estimate of drug-likeness (QED) is 0.598. The van der Waals surface area contributed by atoms with Gasteiger partial charge < -0.3 is 14.1 Å². The maximum absolute atomic E-state index is 12.1. The van der Waals surface area contributed by atoms with Crippen LogP contribution in [0.1, 0.15) is 15.9 Å². The Kier molecular flexibility index (Phi) is 3.56. The molecule has 1 aromatic carbocycles. The van der Waals surface area contributed by atoms with Gasteiger partial charge in [-0.25, -0.2) is 0 Å². The molecule has 5 nitrogen and oxygen atoms in total. The number of alkyl halides is 3. The van der Waals surface area contributed by atoms with E-state index in [0.29, 0.717) is 5.56 Å². The molecular weight excluding hydrogens is 277 g/mol. The molecule has 0 radical (unpaired) electrons. The molecule has 0 aliphatic heterocycles. The first kappa shape index (κ1) is 14.3. The van der Waals surface area contributed by atoms with Gasteiger partial charge in [-0.1, -0.05) is 11.6 Å². The zero-order chi connectivity index (χ0) is 14.1. The van der Waals surface area contributed by atoms with Crippen LogP contribution in [0, 0.1) is 6.92 Å². The number of halogens is 3. The van der Waals surface area contributed by atoms with Crippen molar-refractivity contribution in [2.75, 3.05) is 0 Å². The van der Waals surface area contributed by atoms with E-state index in [-0.39, 0.29) is 0 Å². The lowest BCUT2D eigenvalue weighted by Gasteiger charge is -2.13. The third-order valence-electron chi connectivity index (χ3n) is 1.84. The van der Waals surface area contributed by atoms with Crippen molar-refractivity contribution in [2.24, 2.45) is 0 Å². The summed E-state index contributed by atoms with van der Waals surface area (Å²) in [5.74, 6) is -2.79. The molecule has 0 aliphatic carbocycles. The second-order valence-corrected chi connectivity index (χ2v) is 4.81. The van der Waals surface area contributed by atoms with E-state index >= 15 is 0 Å². The SMILES string of the molecule is Cc1ccc(OS(=O)(=O)C(F)(F)F)c(C(=O)[O-])c1. The van der Waals surface area contributed by atoms with Gasteiger partial charge in [-0.2, -0.15) is 21.6 Å². The highest BCUT2D eigenvalue weighted by Crippen LogP contribution is 2.29. The van der Waals surface area contributed by atoms with Crippen molar-refractivity contribution in [3.05, 3.63) is 29.3 Å². The fourth-order valence-corrected chi connectivity index (χ4v) is 1.52. The van der Waals surface area contributed by atoms with Crippen LogP contribution in [-0.4, -0.2) is 19.9 Å². The third-order valence-corrected chi connectivity index (χ3v) is 2.80. The number of carboxylic acid groups (broad SMARTS) is 1. The summed E-state index contributed by atoms with van der Waals surface area (Å²) in [5, 5.41) is 10.6. The fourth-order valence-electron chi connectivity index (χ4n) is 1.04. The highest BCUT2D eigenvalue weighted by atomic mass is 32.2. The Morgan fingerprint density at radius 1 is 1.33 bits per heavy atom. The van der Waals surface area contributed by atoms with Crippen LogP contribution in [0.25, 0.3) is 0 Å². The first-order valence-corrected chi connectivity index (χ1v) is 5.78. The molecule has 0 saturated heterocycles. The standard InChI is InChI=1S/C9H7F3O5S/c1-5-2-3-7(6(4-5)8(13)14)17-18(15,16)9(10,11)12/h2-4H,1H3,(H,13,14)/p-1. The summed E-state index contributed by atoms with van der Waals surface area (Å²) in [4.78, 5) is 10.6. The lowest BCUT2D eigenvalue weighted by atomic mass is 10.1. The Morgan fingerprint density at radius 3 is 2.33 bits per heavy atom. The van der Waals surface area contributed by atoms with E-state index in [1.807, 2.05) is 0 Å². The molecule has 0 amide bonds. The lowest BCUT2D eigenvalue weighted by Crippen LogP contribution is -2.30. The maximum atomic E-state index is 12.1. The van der Waals surface area contributed by atoms with Gasteiger partial charge in [-0.3, -0.25) is 0 Å². The number of rotatable bonds is 3. The van der Waals surface area contributed by atoms with Gasteiger partial charge in [0.2, 0.25) is 0 Å². The third kappa shape index (κ3) is 2.92. The summed E-state index contributed by atoms with van der Waals surface area (Å²) in [6, 6.07) is 2.95. The first-order chi connectivity index (χ1) is 8.04. The van der Waals surface area contributed by atoms with E-state index in [0.717, 1.165) is 12.1 Å². The molecule has 0 unspecified atom stereocenters. The van der Waals surface area contributed by atoms with Gasteiger partial charge in [-0.15, -0.1) is 0 Å². The molecule has 0 bridgehead atoms. The first-order valence-electron chi connectivity index (χ1n) is 4.37. The van der Waals surface area contributed by atoms with Crippen LogP contribution >= 0.6 is 0 Å². The van der Waals surface area contributed by atoms with Crippen molar-refractivity contribution >= 4 is 16.1 Å². The Morgan fingerprint density at radius 2 is 1.89 bits per heavy atom. The van der Waals surface area contributed by atoms with Crippen LogP contribution in [0.5, 0.6) is 5.75 Å². The van der Waals surface area contributed by atoms with Gasteiger partial charge >= 0.3 is 15.6 Å². The van der Waals surface area contributed by atoms with Crippen molar-refractivity contribution in [3.63, 3.8) is 0 Å². The number of hydrogen-bond acceptors (Lipinski definition) is 5. The Balaban J connectivity index is 3.25. The molecular formula is C9H6F3O5S-. The van der Waals surface area contributed by atoms with Crippen molar-refractivity contribution in [3.8, 4) is 5.75 Å². The number of hydrogen-bond donors (Lipinski definition) is 0. The molecule has 1 rings (SSSR count). The predicted molar refractivity (Wildman–Crippen MR) is 51.1 cm³/mol. The maximum Gasteiger partial charge on any atom is 0.534 e. The van der Waals surface area contributed by atoms with E-state index in [2.05, 4.69) is 4.18 Å². The minimum Gasteiger partial charge on any atom is -0.545 e. The Labute approximate surface area is 99.9 Å². The van der Waals surface area contributed by atoms with Crippen LogP contribution in [0.2, 0.25) is 0 Å². The molecule has 0 N–H and O–H groups in total. The number of carboxylic acids is 1. The number of aryl methyl sites for hydroxylation is 1. The summed E-state index contributed by atoms with van der Waals surface area (Å²) in [7, 11) is -5.91. The molecule has 1 aromatic rings. The summed E-state index contributed by atoms with van der Waals surface area (Å²) >= 11 is 0. The van der Waals surface area contributed by atoms with Crippen molar-refractivity contribution < 1.29 is 35.7 Å². The van der Waals surface area contributed by atoms with E-state index in [9.17, 15) is 31.5 Å². The zero-order valence-corrected chi connectivity index (χ0v) is 9.63. The van der Waals surface area contributed by atoms with Gasteiger partial charge in [0.05, 0.1) is 5.97 Å². The molecule has 0 heterocycles. The Hall–Kier alpha value is -1.77. The van der Waals surface area contributed by atoms with Crippen LogP contribution in [0.4, 0.5) is 13.2 Å². The number of carbonyl (C=O) groups is 1. The van der Waals surface area contributed by atoms with E-state index in [4.69, 9.17) is 0 Å². The average Bonchev–Trinajstić information content (AvgIpc) is 2.18. The van der Waals surface area contributed by atoms with Crippen molar-refractivity contribution in [1.82, 2.24) is 0 Å². The fraction of sp³-hybridized carbons (Fsp3) is 0.222. The Bertz CT molecular complexity index is 576.